The van der Waals surface area contributed by atoms with Crippen molar-refractivity contribution in [1.29, 1.82) is 0 Å². The molecule has 1 saturated heterocycles. The van der Waals surface area contributed by atoms with E-state index in [1.165, 1.54) is 103 Å². The van der Waals surface area contributed by atoms with Gasteiger partial charge in [-0.3, -0.25) is 0 Å². The van der Waals surface area contributed by atoms with Crippen LogP contribution in [-0.4, -0.2) is 19.0 Å². The predicted molar refractivity (Wildman–Crippen MR) is 140 cm³/mol. The molecule has 0 amide bonds. The number of hydrogen-bond acceptors (Lipinski definition) is 5. The van der Waals surface area contributed by atoms with E-state index < -0.39 is 5.69 Å². The molecule has 29 heavy (non-hydrogen) atoms. The van der Waals surface area contributed by atoms with Crippen LogP contribution < -0.4 is 0 Å². The smallest absolute Gasteiger partial charge is 0.257 e. The van der Waals surface area contributed by atoms with E-state index in [1.54, 1.807) is 10.4 Å². The summed E-state index contributed by atoms with van der Waals surface area (Å²) in [5, 5.41) is 0. The fourth-order valence-electron chi connectivity index (χ4n) is 3.44. The summed E-state index contributed by atoms with van der Waals surface area (Å²) in [5.41, 5.74) is -1.96. The summed E-state index contributed by atoms with van der Waals surface area (Å²) in [6, 6.07) is 0. The van der Waals surface area contributed by atoms with Gasteiger partial charge in [0.1, 0.15) is 0 Å². The molecule has 2 nitrogen and oxygen atoms in total. The standard InChI is InChI=1S/C23H47O2PS3/c1-4-5-6-7-8-9-10-11-12-13-14-15-16-17-18-19-20-28-29-26(27)24-21-23(2,3)22-25-26/h4-22H2,1-3H3. The fraction of sp³-hybridized carbons (Fsp3) is 1.00. The largest absolute Gasteiger partial charge is 0.320 e. The molecule has 1 fully saturated rings. The van der Waals surface area contributed by atoms with Gasteiger partial charge in [0, 0.05) is 11.2 Å². The van der Waals surface area contributed by atoms with E-state index in [1.807, 2.05) is 10.8 Å². The average Bonchev–Trinajstić information content (AvgIpc) is 2.70. The van der Waals surface area contributed by atoms with Crippen LogP contribution in [0.4, 0.5) is 0 Å². The minimum absolute atomic E-state index is 0.113. The lowest BCUT2D eigenvalue weighted by Crippen LogP contribution is -2.28. The molecule has 0 aromatic carbocycles. The molecule has 174 valence electrons. The zero-order chi connectivity index (χ0) is 21.3. The molecule has 1 heterocycles. The van der Waals surface area contributed by atoms with E-state index in [2.05, 4.69) is 20.8 Å². The molecular formula is C23H47O2PS3. The molecule has 0 aromatic rings. The van der Waals surface area contributed by atoms with Crippen molar-refractivity contribution in [2.45, 2.75) is 124 Å². The Bertz CT molecular complexity index is 418. The van der Waals surface area contributed by atoms with Gasteiger partial charge in [-0.25, -0.2) is 0 Å². The second kappa shape index (κ2) is 17.8. The minimum Gasteiger partial charge on any atom is -0.320 e. The fourth-order valence-corrected chi connectivity index (χ4v) is 10.8. The molecule has 1 aliphatic heterocycles. The van der Waals surface area contributed by atoms with E-state index >= 15 is 0 Å². The van der Waals surface area contributed by atoms with Crippen LogP contribution in [0.15, 0.2) is 0 Å². The molecule has 1 rings (SSSR count). The molecule has 0 bridgehead atoms. The maximum absolute atomic E-state index is 5.86. The van der Waals surface area contributed by atoms with Gasteiger partial charge in [-0.15, -0.1) is 0 Å². The van der Waals surface area contributed by atoms with Gasteiger partial charge >= 0.3 is 0 Å². The molecular weight excluding hydrogens is 435 g/mol. The number of unbranched alkanes of at least 4 members (excludes halogenated alkanes) is 15. The SMILES string of the molecule is CCCCCCCCCCCCCCCCCCSSP1(=S)OCC(C)(C)CO1. The predicted octanol–water partition coefficient (Wildman–Crippen LogP) is 9.93. The van der Waals surface area contributed by atoms with Gasteiger partial charge in [0.2, 0.25) is 0 Å². The Kier molecular flexibility index (Phi) is 17.4. The van der Waals surface area contributed by atoms with Crippen molar-refractivity contribution in [1.82, 2.24) is 0 Å². The molecule has 0 N–H and O–H groups in total. The van der Waals surface area contributed by atoms with Crippen molar-refractivity contribution in [3.63, 3.8) is 0 Å². The summed E-state index contributed by atoms with van der Waals surface area (Å²) in [6.45, 7) is 8.09. The molecule has 0 spiro atoms. The maximum atomic E-state index is 5.86. The average molecular weight is 483 g/mol. The number of rotatable bonds is 19. The first kappa shape index (κ1) is 28.3. The molecule has 0 radical (unpaired) electrons. The van der Waals surface area contributed by atoms with Gasteiger partial charge in [0.15, 0.2) is 0 Å². The van der Waals surface area contributed by atoms with Gasteiger partial charge in [-0.05, 0) is 28.6 Å². The molecule has 0 aromatic heterocycles. The highest BCUT2D eigenvalue weighted by Gasteiger charge is 2.33. The van der Waals surface area contributed by atoms with Crippen molar-refractivity contribution in [2.75, 3.05) is 19.0 Å². The van der Waals surface area contributed by atoms with Gasteiger partial charge < -0.3 is 9.05 Å². The summed E-state index contributed by atoms with van der Waals surface area (Å²) < 4.78 is 11.7. The van der Waals surface area contributed by atoms with E-state index in [0.29, 0.717) is 0 Å². The Morgan fingerprint density at radius 3 is 1.48 bits per heavy atom. The summed E-state index contributed by atoms with van der Waals surface area (Å²) >= 11 is 5.58. The van der Waals surface area contributed by atoms with E-state index in [9.17, 15) is 0 Å². The first-order chi connectivity index (χ1) is 14.0. The molecule has 1 aliphatic rings. The first-order valence-electron chi connectivity index (χ1n) is 12.2. The topological polar surface area (TPSA) is 18.5 Å². The summed E-state index contributed by atoms with van der Waals surface area (Å²) in [6.07, 6.45) is 22.7. The second-order valence-corrected chi connectivity index (χ2v) is 17.6. The van der Waals surface area contributed by atoms with Crippen LogP contribution in [0.3, 0.4) is 0 Å². The summed E-state index contributed by atoms with van der Waals surface area (Å²) in [4.78, 5) is 0. The third-order valence-corrected chi connectivity index (χ3v) is 13.9. The zero-order valence-electron chi connectivity index (χ0n) is 19.4. The van der Waals surface area contributed by atoms with Crippen LogP contribution >= 0.6 is 26.9 Å². The van der Waals surface area contributed by atoms with E-state index in [0.717, 1.165) is 19.0 Å². The zero-order valence-corrected chi connectivity index (χ0v) is 22.8. The van der Waals surface area contributed by atoms with Crippen LogP contribution in [-0.2, 0) is 20.9 Å². The van der Waals surface area contributed by atoms with Gasteiger partial charge in [0.25, 0.3) is 5.69 Å². The quantitative estimate of drug-likeness (QED) is 0.103. The lowest BCUT2D eigenvalue weighted by atomic mass is 9.97. The summed E-state index contributed by atoms with van der Waals surface area (Å²) in [7, 11) is 3.54. The normalized spacial score (nSPS) is 18.2. The molecule has 0 unspecified atom stereocenters. The highest BCUT2D eigenvalue weighted by Crippen LogP contribution is 2.68. The van der Waals surface area contributed by atoms with Crippen molar-refractivity contribution in [3.8, 4) is 0 Å². The van der Waals surface area contributed by atoms with Crippen molar-refractivity contribution in [2.24, 2.45) is 5.41 Å². The Balaban J connectivity index is 1.76. The Hall–Kier alpha value is 1.27. The first-order valence-corrected chi connectivity index (χ1v) is 17.7. The highest BCUT2D eigenvalue weighted by molar-refractivity contribution is 9.03. The second-order valence-electron chi connectivity index (χ2n) is 9.36. The summed E-state index contributed by atoms with van der Waals surface area (Å²) in [5.74, 6) is 1.16. The lowest BCUT2D eigenvalue weighted by Gasteiger charge is -2.35. The Labute approximate surface area is 195 Å². The third kappa shape index (κ3) is 16.5. The van der Waals surface area contributed by atoms with Gasteiger partial charge in [-0.2, -0.15) is 0 Å². The third-order valence-electron chi connectivity index (χ3n) is 5.45. The van der Waals surface area contributed by atoms with Crippen LogP contribution in [0.5, 0.6) is 0 Å². The molecule has 0 aliphatic carbocycles. The Morgan fingerprint density at radius 2 is 1.07 bits per heavy atom. The lowest BCUT2D eigenvalue weighted by molar-refractivity contribution is 0.0673. The van der Waals surface area contributed by atoms with Crippen molar-refractivity contribution >= 4 is 38.7 Å². The van der Waals surface area contributed by atoms with E-state index in [-0.39, 0.29) is 5.41 Å². The van der Waals surface area contributed by atoms with Gasteiger partial charge in [0.05, 0.1) is 13.2 Å². The van der Waals surface area contributed by atoms with Crippen LogP contribution in [0.25, 0.3) is 0 Å². The van der Waals surface area contributed by atoms with E-state index in [4.69, 9.17) is 20.9 Å². The van der Waals surface area contributed by atoms with Crippen LogP contribution in [0, 0.1) is 5.41 Å². The number of hydrogen-bond donors (Lipinski definition) is 0. The van der Waals surface area contributed by atoms with Crippen LogP contribution in [0.1, 0.15) is 124 Å². The molecule has 6 heteroatoms. The molecule has 0 atom stereocenters. The maximum Gasteiger partial charge on any atom is 0.257 e. The monoisotopic (exact) mass is 482 g/mol. The highest BCUT2D eigenvalue weighted by atomic mass is 33.4. The van der Waals surface area contributed by atoms with Gasteiger partial charge in [-0.1, -0.05) is 128 Å². The minimum atomic E-state index is -2.07. The van der Waals surface area contributed by atoms with Crippen molar-refractivity contribution < 1.29 is 9.05 Å². The molecule has 0 saturated carbocycles. The van der Waals surface area contributed by atoms with Crippen molar-refractivity contribution in [3.05, 3.63) is 0 Å². The van der Waals surface area contributed by atoms with Crippen LogP contribution in [0.2, 0.25) is 0 Å². The Morgan fingerprint density at radius 1 is 0.690 bits per heavy atom.